The molecule has 0 saturated carbocycles. The molecule has 0 aliphatic rings. The summed E-state index contributed by atoms with van der Waals surface area (Å²) in [5.74, 6) is 2.14. The molecule has 35 heavy (non-hydrogen) atoms. The number of hydrogen-bond acceptors (Lipinski definition) is 6. The van der Waals surface area contributed by atoms with E-state index in [-0.39, 0.29) is 5.91 Å². The number of thioether (sulfide) groups is 1. The van der Waals surface area contributed by atoms with Crippen LogP contribution < -0.4 is 9.47 Å². The van der Waals surface area contributed by atoms with E-state index in [9.17, 15) is 4.79 Å². The Balaban J connectivity index is 1.83. The fraction of sp³-hybridized carbons (Fsp3) is 0.222. The lowest BCUT2D eigenvalue weighted by molar-refractivity contribution is -0.128. The Labute approximate surface area is 209 Å². The minimum absolute atomic E-state index is 0.0228. The molecule has 0 bridgehead atoms. The van der Waals surface area contributed by atoms with Crippen LogP contribution in [0.5, 0.6) is 11.5 Å². The predicted octanol–water partition coefficient (Wildman–Crippen LogP) is 5.26. The van der Waals surface area contributed by atoms with Gasteiger partial charge in [0, 0.05) is 25.3 Å². The minimum Gasteiger partial charge on any atom is -0.497 e. The standard InChI is InChI=1S/C27H28N4O3S/c1-5-34-22-16-14-21(15-17-22)31-25(20-12-9-13-23(18-20)33-4)28-29-27(31)35-24(26(32)30(2)3)19-10-7-6-8-11-19/h6-18,24H,5H2,1-4H3. The molecule has 0 N–H and O–H groups in total. The number of amides is 1. The third kappa shape index (κ3) is 5.49. The van der Waals surface area contributed by atoms with Crippen molar-refractivity contribution in [2.45, 2.75) is 17.3 Å². The zero-order valence-electron chi connectivity index (χ0n) is 20.2. The van der Waals surface area contributed by atoms with Crippen molar-refractivity contribution >= 4 is 17.7 Å². The summed E-state index contributed by atoms with van der Waals surface area (Å²) >= 11 is 1.38. The lowest BCUT2D eigenvalue weighted by Crippen LogP contribution is -2.27. The molecule has 4 rings (SSSR count). The first-order valence-electron chi connectivity index (χ1n) is 11.3. The Morgan fingerprint density at radius 1 is 0.971 bits per heavy atom. The molecule has 1 atom stereocenters. The van der Waals surface area contributed by atoms with Crippen LogP contribution in [-0.2, 0) is 4.79 Å². The van der Waals surface area contributed by atoms with Gasteiger partial charge in [-0.3, -0.25) is 9.36 Å². The molecular weight excluding hydrogens is 460 g/mol. The number of ether oxygens (including phenoxy) is 2. The third-order valence-electron chi connectivity index (χ3n) is 5.36. The van der Waals surface area contributed by atoms with Crippen LogP contribution in [0.1, 0.15) is 17.7 Å². The van der Waals surface area contributed by atoms with Crippen LogP contribution in [0.15, 0.2) is 84.0 Å². The summed E-state index contributed by atoms with van der Waals surface area (Å²) in [5, 5.41) is 9.18. The SMILES string of the molecule is CCOc1ccc(-n2c(SC(C(=O)N(C)C)c3ccccc3)nnc2-c2cccc(OC)c2)cc1. The van der Waals surface area contributed by atoms with Crippen LogP contribution in [0.25, 0.3) is 17.1 Å². The average molecular weight is 489 g/mol. The van der Waals surface area contributed by atoms with Gasteiger partial charge in [0.2, 0.25) is 5.91 Å². The number of hydrogen-bond donors (Lipinski definition) is 0. The summed E-state index contributed by atoms with van der Waals surface area (Å²) in [5.41, 5.74) is 2.62. The average Bonchev–Trinajstić information content (AvgIpc) is 3.31. The topological polar surface area (TPSA) is 69.5 Å². The first-order chi connectivity index (χ1) is 17.0. The van der Waals surface area contributed by atoms with Crippen molar-refractivity contribution in [3.8, 4) is 28.6 Å². The molecule has 1 unspecified atom stereocenters. The van der Waals surface area contributed by atoms with Gasteiger partial charge in [0.15, 0.2) is 11.0 Å². The van der Waals surface area contributed by atoms with E-state index in [1.807, 2.05) is 90.4 Å². The van der Waals surface area contributed by atoms with Crippen molar-refractivity contribution in [2.75, 3.05) is 27.8 Å². The molecule has 0 saturated heterocycles. The molecule has 0 spiro atoms. The van der Waals surface area contributed by atoms with E-state index in [0.717, 1.165) is 28.3 Å². The van der Waals surface area contributed by atoms with Gasteiger partial charge in [-0.05, 0) is 48.9 Å². The van der Waals surface area contributed by atoms with E-state index >= 15 is 0 Å². The number of carbonyl (C=O) groups excluding carboxylic acids is 1. The highest BCUT2D eigenvalue weighted by atomic mass is 32.2. The first-order valence-corrected chi connectivity index (χ1v) is 12.2. The van der Waals surface area contributed by atoms with E-state index in [2.05, 4.69) is 10.2 Å². The fourth-order valence-electron chi connectivity index (χ4n) is 3.62. The molecule has 1 aromatic heterocycles. The molecule has 3 aromatic carbocycles. The highest BCUT2D eigenvalue weighted by molar-refractivity contribution is 8.00. The van der Waals surface area contributed by atoms with Crippen LogP contribution in [0.3, 0.4) is 0 Å². The molecule has 0 aliphatic heterocycles. The van der Waals surface area contributed by atoms with Crippen molar-refractivity contribution in [1.82, 2.24) is 19.7 Å². The van der Waals surface area contributed by atoms with Crippen LogP contribution >= 0.6 is 11.8 Å². The number of benzene rings is 3. The van der Waals surface area contributed by atoms with E-state index < -0.39 is 5.25 Å². The lowest BCUT2D eigenvalue weighted by Gasteiger charge is -2.21. The zero-order chi connectivity index (χ0) is 24.8. The van der Waals surface area contributed by atoms with Crippen molar-refractivity contribution in [1.29, 1.82) is 0 Å². The second-order valence-electron chi connectivity index (χ2n) is 7.94. The monoisotopic (exact) mass is 488 g/mol. The van der Waals surface area contributed by atoms with Crippen molar-refractivity contribution < 1.29 is 14.3 Å². The quantitative estimate of drug-likeness (QED) is 0.299. The maximum Gasteiger partial charge on any atom is 0.240 e. The number of aromatic nitrogens is 3. The Kier molecular flexibility index (Phi) is 7.72. The molecule has 0 fully saturated rings. The maximum atomic E-state index is 13.2. The van der Waals surface area contributed by atoms with Gasteiger partial charge >= 0.3 is 0 Å². The minimum atomic E-state index is -0.477. The van der Waals surface area contributed by atoms with Gasteiger partial charge in [0.25, 0.3) is 0 Å². The molecule has 0 radical (unpaired) electrons. The van der Waals surface area contributed by atoms with Crippen LogP contribution in [0.4, 0.5) is 0 Å². The van der Waals surface area contributed by atoms with Crippen molar-refractivity contribution in [3.05, 3.63) is 84.4 Å². The van der Waals surface area contributed by atoms with Gasteiger partial charge in [-0.2, -0.15) is 0 Å². The van der Waals surface area contributed by atoms with Gasteiger partial charge in [-0.15, -0.1) is 10.2 Å². The maximum absolute atomic E-state index is 13.2. The molecular formula is C27H28N4O3S. The Morgan fingerprint density at radius 3 is 2.37 bits per heavy atom. The Bertz CT molecular complexity index is 1270. The molecule has 7 nitrogen and oxygen atoms in total. The smallest absolute Gasteiger partial charge is 0.240 e. The molecule has 1 amide bonds. The van der Waals surface area contributed by atoms with Crippen molar-refractivity contribution in [2.24, 2.45) is 0 Å². The highest BCUT2D eigenvalue weighted by Gasteiger charge is 2.27. The first kappa shape index (κ1) is 24.3. The summed E-state index contributed by atoms with van der Waals surface area (Å²) in [6.07, 6.45) is 0. The Hall–Kier alpha value is -3.78. The lowest BCUT2D eigenvalue weighted by atomic mass is 10.1. The molecule has 0 aliphatic carbocycles. The van der Waals surface area contributed by atoms with Crippen LogP contribution in [0, 0.1) is 0 Å². The van der Waals surface area contributed by atoms with E-state index in [1.54, 1.807) is 26.1 Å². The van der Waals surface area contributed by atoms with Crippen molar-refractivity contribution in [3.63, 3.8) is 0 Å². The van der Waals surface area contributed by atoms with E-state index in [0.29, 0.717) is 17.6 Å². The number of methoxy groups -OCH3 is 1. The van der Waals surface area contributed by atoms with Gasteiger partial charge in [0.1, 0.15) is 16.7 Å². The van der Waals surface area contributed by atoms with E-state index in [1.165, 1.54) is 11.8 Å². The molecule has 4 aromatic rings. The Morgan fingerprint density at radius 2 is 1.71 bits per heavy atom. The number of rotatable bonds is 9. The predicted molar refractivity (Wildman–Crippen MR) is 138 cm³/mol. The largest absolute Gasteiger partial charge is 0.497 e. The highest BCUT2D eigenvalue weighted by Crippen LogP contribution is 2.38. The molecule has 8 heteroatoms. The third-order valence-corrected chi connectivity index (χ3v) is 6.54. The normalized spacial score (nSPS) is 11.7. The van der Waals surface area contributed by atoms with Gasteiger partial charge in [0.05, 0.1) is 13.7 Å². The van der Waals surface area contributed by atoms with E-state index in [4.69, 9.17) is 9.47 Å². The molecule has 1 heterocycles. The summed E-state index contributed by atoms with van der Waals surface area (Å²) < 4.78 is 13.0. The van der Waals surface area contributed by atoms with Gasteiger partial charge < -0.3 is 14.4 Å². The summed E-state index contributed by atoms with van der Waals surface area (Å²) in [6.45, 7) is 2.54. The number of nitrogens with zero attached hydrogens (tertiary/aromatic N) is 4. The van der Waals surface area contributed by atoms with Gasteiger partial charge in [-0.25, -0.2) is 0 Å². The van der Waals surface area contributed by atoms with Crippen LogP contribution in [0.2, 0.25) is 0 Å². The second-order valence-corrected chi connectivity index (χ2v) is 9.01. The second kappa shape index (κ2) is 11.1. The zero-order valence-corrected chi connectivity index (χ0v) is 21.0. The number of carbonyl (C=O) groups is 1. The fourth-order valence-corrected chi connectivity index (χ4v) is 4.82. The van der Waals surface area contributed by atoms with Crippen LogP contribution in [-0.4, -0.2) is 53.4 Å². The van der Waals surface area contributed by atoms with Gasteiger partial charge in [-0.1, -0.05) is 54.2 Å². The summed E-state index contributed by atoms with van der Waals surface area (Å²) in [6, 6.07) is 25.2. The summed E-state index contributed by atoms with van der Waals surface area (Å²) in [7, 11) is 5.16. The summed E-state index contributed by atoms with van der Waals surface area (Å²) in [4.78, 5) is 14.8. The molecule has 180 valence electrons. The number of likely N-dealkylation sites (N-methyl/N-ethyl adjacent to an activating group) is 1.